The van der Waals surface area contributed by atoms with Crippen LogP contribution in [0.25, 0.3) is 0 Å². The largest absolute Gasteiger partial charge is 0.508 e. The SMILES string of the molecule is Cc1ccc2c(c1)Oc1cc(O)ccc1C21OC(=O)c2cc(C(=O)CCCCCCC(=O)NCCOP(=O)(O)SCCC(=O)NCCCCC(NC(=O)CCSSCCNC(=O)c3ccc(N=Nc4ccc(N(C)C)cc4)cc3)C(=O)NCCCCCCO)ccc21. The Morgan fingerprint density at radius 3 is 1.98 bits per heavy atom. The summed E-state index contributed by atoms with van der Waals surface area (Å²) < 4.78 is 30.1. The van der Waals surface area contributed by atoms with Crippen LogP contribution in [0.3, 0.4) is 0 Å². The molecule has 7 rings (SSSR count). The third kappa shape index (κ3) is 22.2. The number of nitrogens with one attached hydrogen (secondary N) is 5. The molecule has 5 aromatic rings. The Kier molecular flexibility index (Phi) is 28.9. The summed E-state index contributed by atoms with van der Waals surface area (Å²) >= 11 is 0.615. The van der Waals surface area contributed by atoms with Gasteiger partial charge in [0, 0.05) is 129 Å². The monoisotopic (exact) mass is 1340 g/mol. The number of ether oxygens (including phenoxy) is 2. The van der Waals surface area contributed by atoms with Gasteiger partial charge in [-0.25, -0.2) is 9.36 Å². The summed E-state index contributed by atoms with van der Waals surface area (Å²) in [6.45, 7) is -1.15. The molecule has 0 fully saturated rings. The molecule has 5 amide bonds. The Hall–Kier alpha value is -7.25. The van der Waals surface area contributed by atoms with Crippen LogP contribution in [0.15, 0.2) is 113 Å². The summed E-state index contributed by atoms with van der Waals surface area (Å²) in [7, 11) is 6.95. The third-order valence-electron chi connectivity index (χ3n) is 15.1. The third-order valence-corrected chi connectivity index (χ3v) is 20.6. The molecule has 22 nitrogen and oxygen atoms in total. The normalized spacial score (nSPS) is 14.6. The minimum atomic E-state index is -4.12. The number of hydrogen-bond acceptors (Lipinski definition) is 19. The maximum atomic E-state index is 13.5. The molecule has 0 aliphatic carbocycles. The van der Waals surface area contributed by atoms with Crippen LogP contribution in [0.5, 0.6) is 17.2 Å². The van der Waals surface area contributed by atoms with Gasteiger partial charge in [-0.05, 0) is 142 Å². The Bertz CT molecular complexity index is 3360. The van der Waals surface area contributed by atoms with Gasteiger partial charge in [0.05, 0.1) is 23.5 Å². The van der Waals surface area contributed by atoms with Crippen molar-refractivity contribution < 1.29 is 67.2 Å². The second-order valence-electron chi connectivity index (χ2n) is 22.4. The van der Waals surface area contributed by atoms with Gasteiger partial charge in [0.15, 0.2) is 11.4 Å². The standard InChI is InChI=1S/C66H83N8O14PS3/c1-45-17-28-54-58(42-45)87-59-44-51(76)27-30-55(59)66(54)53-29-20-47(43-52(53)65(83)88-66)57(77)15-8-4-5-9-16-60(78)68-35-38-86-89(84,85)90-39-31-61(79)67-33-12-10-14-56(64(82)69-34-11-6-7-13-37-75)71-62(80)32-40-91-92-41-36-70-63(81)46-18-21-48(22-19-46)72-73-49-23-25-50(26-24-49)74(2)3/h17-30,42-44,56,75-76H,4-16,31-41H2,1-3H3,(H,67,79)(H,68,78)(H,69,82)(H,70,81)(H,71,80)(H,84,85). The lowest BCUT2D eigenvalue weighted by atomic mass is 9.77. The molecule has 3 atom stereocenters. The number of aryl methyl sites for hydroxylation is 1. The van der Waals surface area contributed by atoms with Gasteiger partial charge in [-0.1, -0.05) is 71.5 Å². The van der Waals surface area contributed by atoms with Crippen LogP contribution in [-0.4, -0.2) is 133 Å². The Morgan fingerprint density at radius 2 is 1.24 bits per heavy atom. The number of aliphatic hydroxyl groups is 1. The van der Waals surface area contributed by atoms with Crippen molar-refractivity contribution in [3.8, 4) is 17.2 Å². The van der Waals surface area contributed by atoms with Crippen LogP contribution >= 0.6 is 39.8 Å². The van der Waals surface area contributed by atoms with Gasteiger partial charge in [-0.3, -0.25) is 33.3 Å². The highest BCUT2D eigenvalue weighted by atomic mass is 33.1. The minimum Gasteiger partial charge on any atom is -0.508 e. The van der Waals surface area contributed by atoms with E-state index >= 15 is 0 Å². The van der Waals surface area contributed by atoms with Crippen molar-refractivity contribution in [2.75, 3.05) is 75.6 Å². The fraction of sp³-hybridized carbons (Fsp3) is 0.439. The number of ketones is 1. The average Bonchev–Trinajstić information content (AvgIpc) is 1.47. The molecule has 1 spiro atoms. The molecule has 2 aliphatic heterocycles. The van der Waals surface area contributed by atoms with Crippen molar-refractivity contribution in [2.45, 2.75) is 115 Å². The van der Waals surface area contributed by atoms with Crippen molar-refractivity contribution >= 4 is 98.1 Å². The number of benzene rings is 5. The number of hydrogen-bond donors (Lipinski definition) is 8. The van der Waals surface area contributed by atoms with E-state index in [1.807, 2.05) is 68.4 Å². The quantitative estimate of drug-likeness (QED) is 0.00451. The first-order valence-corrected chi connectivity index (χ1v) is 36.7. The van der Waals surface area contributed by atoms with E-state index in [9.17, 15) is 48.1 Å². The molecule has 0 saturated carbocycles. The summed E-state index contributed by atoms with van der Waals surface area (Å²) in [6, 6.07) is 29.1. The predicted molar refractivity (Wildman–Crippen MR) is 360 cm³/mol. The summed E-state index contributed by atoms with van der Waals surface area (Å²) in [5.41, 5.74) is 4.95. The molecule has 2 aliphatic rings. The molecule has 494 valence electrons. The van der Waals surface area contributed by atoms with Crippen molar-refractivity contribution in [1.82, 2.24) is 26.6 Å². The number of Topliss-reactive ketones (excluding diaryl/α,β-unsaturated/α-hetero) is 1. The number of phenolic OH excluding ortho intramolecular Hbond substituents is 1. The fourth-order valence-corrected chi connectivity index (χ4v) is 14.4. The van der Waals surface area contributed by atoms with E-state index in [0.717, 1.165) is 36.2 Å². The molecule has 0 radical (unpaired) electrons. The second kappa shape index (κ2) is 36.9. The number of carbonyl (C=O) groups excluding carboxylic acids is 7. The number of nitrogens with zero attached hydrogens (tertiary/aromatic N) is 3. The first-order valence-electron chi connectivity index (χ1n) is 31.0. The number of amides is 5. The first kappa shape index (κ1) is 72.2. The molecular formula is C66H83N8O14PS3. The zero-order valence-electron chi connectivity index (χ0n) is 52.2. The fourth-order valence-electron chi connectivity index (χ4n) is 10.2. The number of esters is 1. The molecule has 3 unspecified atom stereocenters. The van der Waals surface area contributed by atoms with E-state index in [1.165, 1.54) is 33.7 Å². The van der Waals surface area contributed by atoms with E-state index in [4.69, 9.17) is 19.1 Å². The Morgan fingerprint density at radius 1 is 0.630 bits per heavy atom. The first-order chi connectivity index (χ1) is 44.3. The molecule has 2 heterocycles. The lowest BCUT2D eigenvalue weighted by Crippen LogP contribution is -2.47. The van der Waals surface area contributed by atoms with Crippen LogP contribution in [0.4, 0.5) is 17.1 Å². The molecule has 92 heavy (non-hydrogen) atoms. The Labute approximate surface area is 549 Å². The number of aliphatic hydroxyl groups excluding tert-OH is 1. The number of azo groups is 1. The zero-order chi connectivity index (χ0) is 65.9. The number of aromatic hydroxyl groups is 1. The summed E-state index contributed by atoms with van der Waals surface area (Å²) in [5, 5.41) is 42.0. The van der Waals surface area contributed by atoms with Crippen molar-refractivity contribution in [3.63, 3.8) is 0 Å². The average molecular weight is 1340 g/mol. The number of carbonyl (C=O) groups is 7. The minimum absolute atomic E-state index is 0.00133. The van der Waals surface area contributed by atoms with Gasteiger partial charge in [0.1, 0.15) is 23.3 Å². The molecule has 0 bridgehead atoms. The van der Waals surface area contributed by atoms with Crippen LogP contribution in [0.1, 0.15) is 150 Å². The summed E-state index contributed by atoms with van der Waals surface area (Å²) in [5.74, 6) is -0.104. The number of fused-ring (bicyclic) bond motifs is 6. The van der Waals surface area contributed by atoms with Crippen molar-refractivity contribution in [1.29, 1.82) is 0 Å². The van der Waals surface area contributed by atoms with Gasteiger partial charge in [0.2, 0.25) is 23.6 Å². The molecule has 26 heteroatoms. The van der Waals surface area contributed by atoms with E-state index in [0.29, 0.717) is 139 Å². The lowest BCUT2D eigenvalue weighted by molar-refractivity contribution is -0.129. The molecule has 5 aromatic carbocycles. The second-order valence-corrected chi connectivity index (χ2v) is 29.1. The zero-order valence-corrected chi connectivity index (χ0v) is 55.6. The van der Waals surface area contributed by atoms with Crippen LogP contribution in [-0.2, 0) is 38.6 Å². The van der Waals surface area contributed by atoms with Crippen LogP contribution in [0, 0.1) is 6.92 Å². The summed E-state index contributed by atoms with van der Waals surface area (Å²) in [4.78, 5) is 103. The molecule has 8 N–H and O–H groups in total. The summed E-state index contributed by atoms with van der Waals surface area (Å²) in [6.07, 6.45) is 7.58. The highest BCUT2D eigenvalue weighted by Gasteiger charge is 2.53. The lowest BCUT2D eigenvalue weighted by Gasteiger charge is -2.36. The van der Waals surface area contributed by atoms with Crippen molar-refractivity contribution in [2.24, 2.45) is 10.2 Å². The van der Waals surface area contributed by atoms with Crippen molar-refractivity contribution in [3.05, 3.63) is 142 Å². The van der Waals surface area contributed by atoms with Gasteiger partial charge < -0.3 is 56.1 Å². The maximum absolute atomic E-state index is 13.5. The van der Waals surface area contributed by atoms with Gasteiger partial charge >= 0.3 is 12.8 Å². The van der Waals surface area contributed by atoms with E-state index in [2.05, 4.69) is 36.8 Å². The highest BCUT2D eigenvalue weighted by Crippen LogP contribution is 2.57. The smallest absolute Gasteiger partial charge is 0.386 e. The van der Waals surface area contributed by atoms with Gasteiger partial charge in [-0.15, -0.1) is 0 Å². The molecule has 0 aromatic heterocycles. The number of unbranched alkanes of at least 4 members (excludes halogenated alkanes) is 7. The van der Waals surface area contributed by atoms with Crippen LogP contribution < -0.4 is 36.2 Å². The predicted octanol–water partition coefficient (Wildman–Crippen LogP) is 11.3. The van der Waals surface area contributed by atoms with E-state index < -0.39 is 24.4 Å². The van der Waals surface area contributed by atoms with Gasteiger partial charge in [0.25, 0.3) is 5.91 Å². The van der Waals surface area contributed by atoms with Crippen LogP contribution in [0.2, 0.25) is 0 Å². The molecular weight excluding hydrogens is 1260 g/mol. The van der Waals surface area contributed by atoms with E-state index in [1.54, 1.807) is 48.5 Å². The highest BCUT2D eigenvalue weighted by molar-refractivity contribution is 8.76. The topological polar surface area (TPSA) is 313 Å². The Balaban J connectivity index is 0.705. The molecule has 0 saturated heterocycles. The van der Waals surface area contributed by atoms with Gasteiger partial charge in [-0.2, -0.15) is 10.2 Å². The number of phenols is 1. The number of rotatable bonds is 40. The maximum Gasteiger partial charge on any atom is 0.386 e. The number of anilines is 1. The van der Waals surface area contributed by atoms with E-state index in [-0.39, 0.29) is 97.8 Å².